The van der Waals surface area contributed by atoms with Gasteiger partial charge in [0.25, 0.3) is 0 Å². The van der Waals surface area contributed by atoms with Gasteiger partial charge in [-0.25, -0.2) is 0 Å². The van der Waals surface area contributed by atoms with Gasteiger partial charge < -0.3 is 10.5 Å². The molecule has 1 atom stereocenters. The van der Waals surface area contributed by atoms with Crippen LogP contribution in [-0.2, 0) is 9.53 Å². The number of carbonyl (C=O) groups is 1. The Hall–Kier alpha value is -0.780. The van der Waals surface area contributed by atoms with E-state index in [1.807, 2.05) is 0 Å². The highest BCUT2D eigenvalue weighted by atomic mass is 19.4. The molecule has 2 N–H and O–H groups in total. The molecule has 0 rings (SSSR count). The Morgan fingerprint density at radius 1 is 1.28 bits per heavy atom. The highest BCUT2D eigenvalue weighted by Gasteiger charge is 2.42. The number of esters is 1. The van der Waals surface area contributed by atoms with Crippen LogP contribution in [0.4, 0.5) is 13.2 Å². The van der Waals surface area contributed by atoms with Crippen LogP contribution in [0.5, 0.6) is 0 Å². The van der Waals surface area contributed by atoms with Gasteiger partial charge in [-0.1, -0.05) is 13.8 Å². The first kappa shape index (κ1) is 17.2. The SMILES string of the molecule is CCOC(=O)C(CN)(CCCC(F)(F)F)C(C)C. The average molecular weight is 269 g/mol. The minimum absolute atomic E-state index is 0.00135. The molecule has 0 aromatic rings. The number of nitrogens with two attached hydrogens (primary N) is 1. The summed E-state index contributed by atoms with van der Waals surface area (Å²) in [5, 5.41) is 0. The van der Waals surface area contributed by atoms with Crippen molar-refractivity contribution < 1.29 is 22.7 Å². The Morgan fingerprint density at radius 3 is 2.17 bits per heavy atom. The summed E-state index contributed by atoms with van der Waals surface area (Å²) in [5.41, 5.74) is 4.59. The van der Waals surface area contributed by atoms with E-state index in [1.54, 1.807) is 20.8 Å². The van der Waals surface area contributed by atoms with Gasteiger partial charge in [-0.15, -0.1) is 0 Å². The molecule has 108 valence electrons. The van der Waals surface area contributed by atoms with Crippen molar-refractivity contribution in [3.8, 4) is 0 Å². The second-order valence-electron chi connectivity index (χ2n) is 4.70. The van der Waals surface area contributed by atoms with E-state index in [0.29, 0.717) is 0 Å². The normalized spacial score (nSPS) is 15.6. The fraction of sp³-hybridized carbons (Fsp3) is 0.917. The van der Waals surface area contributed by atoms with Crippen LogP contribution >= 0.6 is 0 Å². The van der Waals surface area contributed by atoms with Crippen molar-refractivity contribution in [3.63, 3.8) is 0 Å². The molecule has 0 saturated carbocycles. The third-order valence-corrected chi connectivity index (χ3v) is 3.23. The average Bonchev–Trinajstić information content (AvgIpc) is 2.22. The second kappa shape index (κ2) is 6.97. The first-order valence-corrected chi connectivity index (χ1v) is 6.13. The maximum Gasteiger partial charge on any atom is 0.389 e. The highest BCUT2D eigenvalue weighted by Crippen LogP contribution is 2.36. The topological polar surface area (TPSA) is 52.3 Å². The summed E-state index contributed by atoms with van der Waals surface area (Å²) < 4.78 is 41.4. The molecule has 3 nitrogen and oxygen atoms in total. The molecule has 0 aliphatic carbocycles. The third-order valence-electron chi connectivity index (χ3n) is 3.23. The molecule has 6 heteroatoms. The lowest BCUT2D eigenvalue weighted by Crippen LogP contribution is -2.44. The lowest BCUT2D eigenvalue weighted by molar-refractivity contribution is -0.161. The van der Waals surface area contributed by atoms with E-state index in [9.17, 15) is 18.0 Å². The predicted octanol–water partition coefficient (Wildman–Crippen LogP) is 2.88. The Morgan fingerprint density at radius 2 is 1.83 bits per heavy atom. The van der Waals surface area contributed by atoms with Crippen molar-refractivity contribution in [1.82, 2.24) is 0 Å². The second-order valence-corrected chi connectivity index (χ2v) is 4.70. The van der Waals surface area contributed by atoms with Crippen LogP contribution in [0.25, 0.3) is 0 Å². The molecule has 0 aromatic heterocycles. The lowest BCUT2D eigenvalue weighted by Gasteiger charge is -2.34. The fourth-order valence-electron chi connectivity index (χ4n) is 1.93. The summed E-state index contributed by atoms with van der Waals surface area (Å²) in [4.78, 5) is 11.9. The summed E-state index contributed by atoms with van der Waals surface area (Å²) >= 11 is 0. The zero-order valence-electron chi connectivity index (χ0n) is 11.1. The first-order valence-electron chi connectivity index (χ1n) is 6.13. The lowest BCUT2D eigenvalue weighted by atomic mass is 9.73. The molecule has 0 aromatic carbocycles. The van der Waals surface area contributed by atoms with Crippen LogP contribution in [0.15, 0.2) is 0 Å². The minimum atomic E-state index is -4.20. The van der Waals surface area contributed by atoms with Gasteiger partial charge in [0.2, 0.25) is 0 Å². The number of hydrogen-bond donors (Lipinski definition) is 1. The summed E-state index contributed by atoms with van der Waals surface area (Å²) in [5.74, 6) is -0.653. The van der Waals surface area contributed by atoms with E-state index in [0.717, 1.165) is 0 Å². The number of carbonyl (C=O) groups excluding carboxylic acids is 1. The van der Waals surface area contributed by atoms with Crippen molar-refractivity contribution in [3.05, 3.63) is 0 Å². The monoisotopic (exact) mass is 269 g/mol. The zero-order valence-corrected chi connectivity index (χ0v) is 11.1. The molecule has 0 aliphatic rings. The largest absolute Gasteiger partial charge is 0.466 e. The molecule has 0 fully saturated rings. The van der Waals surface area contributed by atoms with Gasteiger partial charge in [-0.3, -0.25) is 4.79 Å². The van der Waals surface area contributed by atoms with Crippen LogP contribution in [0.2, 0.25) is 0 Å². The van der Waals surface area contributed by atoms with E-state index >= 15 is 0 Å². The number of rotatable bonds is 7. The maximum atomic E-state index is 12.1. The van der Waals surface area contributed by atoms with Crippen LogP contribution in [0, 0.1) is 11.3 Å². The van der Waals surface area contributed by atoms with Crippen molar-refractivity contribution >= 4 is 5.97 Å². The van der Waals surface area contributed by atoms with E-state index in [4.69, 9.17) is 10.5 Å². The number of alkyl halides is 3. The van der Waals surface area contributed by atoms with Crippen LogP contribution < -0.4 is 5.73 Å². The summed E-state index contributed by atoms with van der Waals surface area (Å²) in [7, 11) is 0. The third kappa shape index (κ3) is 4.84. The van der Waals surface area contributed by atoms with E-state index in [2.05, 4.69) is 0 Å². The molecular formula is C12H22F3NO2. The number of hydrogen-bond acceptors (Lipinski definition) is 3. The van der Waals surface area contributed by atoms with E-state index in [-0.39, 0.29) is 31.9 Å². The number of halogens is 3. The first-order chi connectivity index (χ1) is 8.19. The van der Waals surface area contributed by atoms with E-state index < -0.39 is 24.0 Å². The quantitative estimate of drug-likeness (QED) is 0.723. The Balaban J connectivity index is 4.72. The van der Waals surface area contributed by atoms with E-state index in [1.165, 1.54) is 0 Å². The minimum Gasteiger partial charge on any atom is -0.466 e. The molecule has 0 aliphatic heterocycles. The van der Waals surface area contributed by atoms with Crippen molar-refractivity contribution in [2.24, 2.45) is 17.1 Å². The summed E-state index contributed by atoms with van der Waals surface area (Å²) in [6.45, 7) is 5.41. The van der Waals surface area contributed by atoms with Crippen molar-refractivity contribution in [2.45, 2.75) is 46.2 Å². The maximum absolute atomic E-state index is 12.1. The Bertz CT molecular complexity index is 267. The van der Waals surface area contributed by atoms with Crippen molar-refractivity contribution in [1.29, 1.82) is 0 Å². The predicted molar refractivity (Wildman–Crippen MR) is 62.9 cm³/mol. The van der Waals surface area contributed by atoms with Crippen molar-refractivity contribution in [2.75, 3.05) is 13.2 Å². The molecule has 1 unspecified atom stereocenters. The van der Waals surface area contributed by atoms with Gasteiger partial charge in [-0.05, 0) is 25.7 Å². The molecule has 0 radical (unpaired) electrons. The molecule has 0 amide bonds. The highest BCUT2D eigenvalue weighted by molar-refractivity contribution is 5.77. The van der Waals surface area contributed by atoms with Gasteiger partial charge in [0.1, 0.15) is 0 Å². The van der Waals surface area contributed by atoms with Gasteiger partial charge in [0.15, 0.2) is 0 Å². The molecule has 18 heavy (non-hydrogen) atoms. The van der Waals surface area contributed by atoms with Gasteiger partial charge in [-0.2, -0.15) is 13.2 Å². The molecular weight excluding hydrogens is 247 g/mol. The zero-order chi connectivity index (χ0) is 14.4. The van der Waals surface area contributed by atoms with Crippen LogP contribution in [0.3, 0.4) is 0 Å². The number of ether oxygens (including phenoxy) is 1. The summed E-state index contributed by atoms with van der Waals surface area (Å²) in [6, 6.07) is 0. The molecule has 0 bridgehead atoms. The van der Waals surface area contributed by atoms with Gasteiger partial charge in [0.05, 0.1) is 12.0 Å². The molecule has 0 spiro atoms. The molecule has 0 heterocycles. The smallest absolute Gasteiger partial charge is 0.389 e. The van der Waals surface area contributed by atoms with Crippen LogP contribution in [0.1, 0.15) is 40.0 Å². The standard InChI is InChI=1S/C12H22F3NO2/c1-4-18-10(17)11(8-16,9(2)3)6-5-7-12(13,14)15/h9H,4-8,16H2,1-3H3. The van der Waals surface area contributed by atoms with Gasteiger partial charge >= 0.3 is 12.1 Å². The fourth-order valence-corrected chi connectivity index (χ4v) is 1.93. The Kier molecular flexibility index (Phi) is 6.67. The summed E-state index contributed by atoms with van der Waals surface area (Å²) in [6.07, 6.45) is -5.12. The van der Waals surface area contributed by atoms with Gasteiger partial charge in [0, 0.05) is 13.0 Å². The Labute approximate surface area is 106 Å². The molecule has 0 saturated heterocycles. The van der Waals surface area contributed by atoms with Crippen LogP contribution in [-0.4, -0.2) is 25.3 Å².